The van der Waals surface area contributed by atoms with Crippen LogP contribution in [0.5, 0.6) is 17.2 Å². The maximum atomic E-state index is 5.86. The number of anilines is 1. The van der Waals surface area contributed by atoms with E-state index in [1.807, 2.05) is 50.2 Å². The summed E-state index contributed by atoms with van der Waals surface area (Å²) >= 11 is 0. The average molecular weight is 287 g/mol. The molecule has 2 N–H and O–H groups in total. The molecule has 0 radical (unpaired) electrons. The molecule has 4 nitrogen and oxygen atoms in total. The first-order chi connectivity index (χ1) is 10.1. The van der Waals surface area contributed by atoms with Crippen LogP contribution in [-0.4, -0.2) is 19.3 Å². The Kier molecular flexibility index (Phi) is 5.32. The molecule has 0 unspecified atom stereocenters. The van der Waals surface area contributed by atoms with Gasteiger partial charge in [-0.15, -0.1) is 0 Å². The van der Waals surface area contributed by atoms with E-state index in [1.54, 1.807) is 12.1 Å². The quantitative estimate of drug-likeness (QED) is 0.625. The van der Waals surface area contributed by atoms with Gasteiger partial charge in [0.05, 0.1) is 11.8 Å². The molecule has 0 aliphatic heterocycles. The van der Waals surface area contributed by atoms with Crippen LogP contribution in [0, 0.1) is 0 Å². The molecule has 0 heterocycles. The smallest absolute Gasteiger partial charge is 0.146 e. The summed E-state index contributed by atoms with van der Waals surface area (Å²) in [4.78, 5) is 0. The molecule has 0 saturated heterocycles. The van der Waals surface area contributed by atoms with Crippen molar-refractivity contribution in [2.75, 3.05) is 18.9 Å². The standard InChI is InChI=1S/C17H21NO3/c1-13(2)21-17-12-15(8-9-16(17)18)20-11-10-19-14-6-4-3-5-7-14/h3-9,12-13H,10-11,18H2,1-2H3. The Balaban J connectivity index is 1.83. The van der Waals surface area contributed by atoms with Crippen LogP contribution in [0.15, 0.2) is 48.5 Å². The normalized spacial score (nSPS) is 10.4. The number of rotatable bonds is 7. The van der Waals surface area contributed by atoms with Gasteiger partial charge in [-0.05, 0) is 38.1 Å². The Morgan fingerprint density at radius 3 is 2.24 bits per heavy atom. The van der Waals surface area contributed by atoms with Crippen LogP contribution in [0.25, 0.3) is 0 Å². The van der Waals surface area contributed by atoms with Gasteiger partial charge < -0.3 is 19.9 Å². The number of nitrogen functional groups attached to an aromatic ring is 1. The van der Waals surface area contributed by atoms with Crippen molar-refractivity contribution in [2.45, 2.75) is 20.0 Å². The number of hydrogen-bond acceptors (Lipinski definition) is 4. The van der Waals surface area contributed by atoms with Gasteiger partial charge in [-0.25, -0.2) is 0 Å². The van der Waals surface area contributed by atoms with Gasteiger partial charge in [-0.2, -0.15) is 0 Å². The van der Waals surface area contributed by atoms with Crippen molar-refractivity contribution in [1.29, 1.82) is 0 Å². The van der Waals surface area contributed by atoms with Crippen LogP contribution in [0.3, 0.4) is 0 Å². The maximum Gasteiger partial charge on any atom is 0.146 e. The predicted octanol–water partition coefficient (Wildman–Crippen LogP) is 3.51. The number of hydrogen-bond donors (Lipinski definition) is 1. The van der Waals surface area contributed by atoms with E-state index < -0.39 is 0 Å². The molecule has 112 valence electrons. The third-order valence-electron chi connectivity index (χ3n) is 2.71. The zero-order valence-corrected chi connectivity index (χ0v) is 12.4. The van der Waals surface area contributed by atoms with Crippen molar-refractivity contribution >= 4 is 5.69 Å². The number of benzene rings is 2. The largest absolute Gasteiger partial charge is 0.490 e. The molecule has 0 atom stereocenters. The van der Waals surface area contributed by atoms with Crippen molar-refractivity contribution in [3.05, 3.63) is 48.5 Å². The van der Waals surface area contributed by atoms with E-state index in [9.17, 15) is 0 Å². The third kappa shape index (κ3) is 4.91. The first kappa shape index (κ1) is 15.0. The second-order valence-corrected chi connectivity index (χ2v) is 4.88. The molecular weight excluding hydrogens is 266 g/mol. The molecular formula is C17H21NO3. The molecule has 2 aromatic rings. The second kappa shape index (κ2) is 7.43. The van der Waals surface area contributed by atoms with E-state index in [1.165, 1.54) is 0 Å². The van der Waals surface area contributed by atoms with Crippen molar-refractivity contribution in [3.63, 3.8) is 0 Å². The van der Waals surface area contributed by atoms with Crippen LogP contribution >= 0.6 is 0 Å². The second-order valence-electron chi connectivity index (χ2n) is 4.88. The van der Waals surface area contributed by atoms with Crippen molar-refractivity contribution < 1.29 is 14.2 Å². The van der Waals surface area contributed by atoms with Gasteiger partial charge in [0.25, 0.3) is 0 Å². The Morgan fingerprint density at radius 1 is 0.905 bits per heavy atom. The number of nitrogens with two attached hydrogens (primary N) is 1. The highest BCUT2D eigenvalue weighted by Crippen LogP contribution is 2.27. The molecule has 0 saturated carbocycles. The van der Waals surface area contributed by atoms with E-state index >= 15 is 0 Å². The topological polar surface area (TPSA) is 53.7 Å². The fourth-order valence-corrected chi connectivity index (χ4v) is 1.80. The van der Waals surface area contributed by atoms with E-state index in [4.69, 9.17) is 19.9 Å². The SMILES string of the molecule is CC(C)Oc1cc(OCCOc2ccccc2)ccc1N. The summed E-state index contributed by atoms with van der Waals surface area (Å²) in [5.74, 6) is 2.20. The van der Waals surface area contributed by atoms with E-state index in [0.29, 0.717) is 24.7 Å². The minimum atomic E-state index is 0.0731. The van der Waals surface area contributed by atoms with E-state index in [2.05, 4.69) is 0 Å². The highest BCUT2D eigenvalue weighted by atomic mass is 16.5. The van der Waals surface area contributed by atoms with Gasteiger partial charge in [0.2, 0.25) is 0 Å². The van der Waals surface area contributed by atoms with Crippen LogP contribution < -0.4 is 19.9 Å². The highest BCUT2D eigenvalue weighted by Gasteiger charge is 2.05. The summed E-state index contributed by atoms with van der Waals surface area (Å²) in [6.45, 7) is 4.86. The lowest BCUT2D eigenvalue weighted by Gasteiger charge is -2.14. The molecule has 0 amide bonds. The monoisotopic (exact) mass is 287 g/mol. The molecule has 0 spiro atoms. The summed E-state index contributed by atoms with van der Waals surface area (Å²) in [5.41, 5.74) is 6.47. The number of ether oxygens (including phenoxy) is 3. The van der Waals surface area contributed by atoms with E-state index in [0.717, 1.165) is 11.5 Å². The fraction of sp³-hybridized carbons (Fsp3) is 0.294. The highest BCUT2D eigenvalue weighted by molar-refractivity contribution is 5.55. The Labute approximate surface area is 125 Å². The average Bonchev–Trinajstić information content (AvgIpc) is 2.47. The molecule has 4 heteroatoms. The minimum Gasteiger partial charge on any atom is -0.490 e. The van der Waals surface area contributed by atoms with Crippen LogP contribution in [-0.2, 0) is 0 Å². The third-order valence-corrected chi connectivity index (χ3v) is 2.71. The Morgan fingerprint density at radius 2 is 1.57 bits per heavy atom. The Bertz CT molecular complexity index is 555. The predicted molar refractivity (Wildman–Crippen MR) is 84.1 cm³/mol. The molecule has 2 rings (SSSR count). The summed E-state index contributed by atoms with van der Waals surface area (Å²) in [6, 6.07) is 15.1. The van der Waals surface area contributed by atoms with Gasteiger partial charge in [-0.1, -0.05) is 18.2 Å². The van der Waals surface area contributed by atoms with Gasteiger partial charge in [0, 0.05) is 6.07 Å². The minimum absolute atomic E-state index is 0.0731. The molecule has 0 aromatic heterocycles. The summed E-state index contributed by atoms with van der Waals surface area (Å²) in [7, 11) is 0. The zero-order chi connectivity index (χ0) is 15.1. The summed E-state index contributed by atoms with van der Waals surface area (Å²) in [6.07, 6.45) is 0.0731. The lowest BCUT2D eigenvalue weighted by atomic mass is 10.3. The molecule has 2 aromatic carbocycles. The first-order valence-electron chi connectivity index (χ1n) is 7.02. The molecule has 21 heavy (non-hydrogen) atoms. The summed E-state index contributed by atoms with van der Waals surface area (Å²) in [5, 5.41) is 0. The lowest BCUT2D eigenvalue weighted by Crippen LogP contribution is -2.10. The summed E-state index contributed by atoms with van der Waals surface area (Å²) < 4.78 is 16.8. The Hall–Kier alpha value is -2.36. The molecule has 0 aliphatic rings. The fourth-order valence-electron chi connectivity index (χ4n) is 1.80. The van der Waals surface area contributed by atoms with Gasteiger partial charge in [-0.3, -0.25) is 0 Å². The van der Waals surface area contributed by atoms with Crippen molar-refractivity contribution in [1.82, 2.24) is 0 Å². The maximum absolute atomic E-state index is 5.86. The first-order valence-corrected chi connectivity index (χ1v) is 7.02. The zero-order valence-electron chi connectivity index (χ0n) is 12.4. The van der Waals surface area contributed by atoms with Gasteiger partial charge >= 0.3 is 0 Å². The van der Waals surface area contributed by atoms with Crippen molar-refractivity contribution in [2.24, 2.45) is 0 Å². The molecule has 0 aliphatic carbocycles. The van der Waals surface area contributed by atoms with Gasteiger partial charge in [0.15, 0.2) is 0 Å². The van der Waals surface area contributed by atoms with Crippen LogP contribution in [0.2, 0.25) is 0 Å². The van der Waals surface area contributed by atoms with Crippen molar-refractivity contribution in [3.8, 4) is 17.2 Å². The van der Waals surface area contributed by atoms with Crippen LogP contribution in [0.1, 0.15) is 13.8 Å². The lowest BCUT2D eigenvalue weighted by molar-refractivity contribution is 0.214. The van der Waals surface area contributed by atoms with Gasteiger partial charge in [0.1, 0.15) is 30.5 Å². The van der Waals surface area contributed by atoms with E-state index in [-0.39, 0.29) is 6.10 Å². The van der Waals surface area contributed by atoms with Crippen LogP contribution in [0.4, 0.5) is 5.69 Å². The molecule has 0 bridgehead atoms. The molecule has 0 fully saturated rings. The number of para-hydroxylation sites is 1.